The minimum atomic E-state index is 0.0674. The summed E-state index contributed by atoms with van der Waals surface area (Å²) in [5, 5.41) is 4.04. The number of hydrogen-bond acceptors (Lipinski definition) is 2. The molecule has 0 bridgehead atoms. The average molecular weight is 297 g/mol. The molecule has 1 rings (SSSR count). The molecule has 0 heterocycles. The van der Waals surface area contributed by atoms with E-state index < -0.39 is 0 Å². The van der Waals surface area contributed by atoms with E-state index in [0.29, 0.717) is 12.5 Å². The number of carbonyl (C=O) groups excluding carboxylic acids is 1. The van der Waals surface area contributed by atoms with Crippen molar-refractivity contribution in [3.63, 3.8) is 0 Å². The second kappa shape index (κ2) is 8.28. The van der Waals surface area contributed by atoms with Gasteiger partial charge >= 0.3 is 0 Å². The molecule has 4 heteroatoms. The molecule has 1 amide bonds. The van der Waals surface area contributed by atoms with Gasteiger partial charge in [0, 0.05) is 24.5 Å². The van der Waals surface area contributed by atoms with E-state index in [9.17, 15) is 4.79 Å². The highest BCUT2D eigenvalue weighted by Gasteiger charge is 2.16. The lowest BCUT2D eigenvalue weighted by atomic mass is 10.1. The number of rotatable bonds is 7. The Labute approximate surface area is 127 Å². The zero-order valence-electron chi connectivity index (χ0n) is 12.8. The van der Waals surface area contributed by atoms with Crippen LogP contribution in [0.2, 0.25) is 5.02 Å². The second-order valence-electron chi connectivity index (χ2n) is 5.44. The predicted octanol–water partition coefficient (Wildman–Crippen LogP) is 3.64. The van der Waals surface area contributed by atoms with Gasteiger partial charge in [-0.2, -0.15) is 0 Å². The molecule has 1 unspecified atom stereocenters. The molecular formula is C16H25ClN2O. The summed E-state index contributed by atoms with van der Waals surface area (Å²) in [5.74, 6) is 0.179. The van der Waals surface area contributed by atoms with E-state index in [1.165, 1.54) is 0 Å². The Hall–Kier alpha value is -1.06. The van der Waals surface area contributed by atoms with Crippen LogP contribution in [-0.4, -0.2) is 30.4 Å². The highest BCUT2D eigenvalue weighted by molar-refractivity contribution is 6.30. The summed E-state index contributed by atoms with van der Waals surface area (Å²) >= 11 is 5.88. The van der Waals surface area contributed by atoms with Crippen LogP contribution in [0, 0.1) is 0 Å². The van der Waals surface area contributed by atoms with Crippen LogP contribution in [-0.2, 0) is 4.79 Å². The number of amides is 1. The number of nitrogens with one attached hydrogen (secondary N) is 1. The highest BCUT2D eigenvalue weighted by atomic mass is 35.5. The van der Waals surface area contributed by atoms with Gasteiger partial charge in [-0.3, -0.25) is 4.79 Å². The molecular weight excluding hydrogens is 272 g/mol. The molecule has 0 radical (unpaired) electrons. The molecule has 20 heavy (non-hydrogen) atoms. The van der Waals surface area contributed by atoms with Gasteiger partial charge in [-0.25, -0.2) is 0 Å². The van der Waals surface area contributed by atoms with E-state index in [-0.39, 0.29) is 11.9 Å². The molecule has 0 aliphatic rings. The van der Waals surface area contributed by atoms with Crippen molar-refractivity contribution in [3.8, 4) is 0 Å². The van der Waals surface area contributed by atoms with E-state index >= 15 is 0 Å². The summed E-state index contributed by atoms with van der Waals surface area (Å²) in [5.41, 5.74) is 1.10. The SMILES string of the molecule is CC(C)NCCCC(=O)N(C)C(C)c1ccc(Cl)cc1. The van der Waals surface area contributed by atoms with Crippen molar-refractivity contribution in [1.82, 2.24) is 10.2 Å². The maximum Gasteiger partial charge on any atom is 0.222 e. The quantitative estimate of drug-likeness (QED) is 0.779. The summed E-state index contributed by atoms with van der Waals surface area (Å²) in [6.07, 6.45) is 1.45. The van der Waals surface area contributed by atoms with Crippen molar-refractivity contribution in [2.75, 3.05) is 13.6 Å². The van der Waals surface area contributed by atoms with Gasteiger partial charge in [0.1, 0.15) is 0 Å². The first kappa shape index (κ1) is 17.0. The lowest BCUT2D eigenvalue weighted by Crippen LogP contribution is -2.31. The van der Waals surface area contributed by atoms with Gasteiger partial charge in [-0.1, -0.05) is 37.6 Å². The zero-order valence-corrected chi connectivity index (χ0v) is 13.6. The van der Waals surface area contributed by atoms with E-state index in [4.69, 9.17) is 11.6 Å². The van der Waals surface area contributed by atoms with Gasteiger partial charge in [0.15, 0.2) is 0 Å². The maximum absolute atomic E-state index is 12.1. The standard InChI is InChI=1S/C16H25ClN2O/c1-12(2)18-11-5-6-16(20)19(4)13(3)14-7-9-15(17)10-8-14/h7-10,12-13,18H,5-6,11H2,1-4H3. The van der Waals surface area contributed by atoms with Gasteiger partial charge in [-0.05, 0) is 37.6 Å². The third-order valence-electron chi connectivity index (χ3n) is 3.45. The third-order valence-corrected chi connectivity index (χ3v) is 3.70. The van der Waals surface area contributed by atoms with Crippen molar-refractivity contribution >= 4 is 17.5 Å². The summed E-state index contributed by atoms with van der Waals surface area (Å²) in [7, 11) is 1.86. The van der Waals surface area contributed by atoms with Crippen LogP contribution < -0.4 is 5.32 Å². The number of halogens is 1. The first-order chi connectivity index (χ1) is 9.41. The van der Waals surface area contributed by atoms with Crippen molar-refractivity contribution in [3.05, 3.63) is 34.9 Å². The van der Waals surface area contributed by atoms with E-state index in [0.717, 1.165) is 23.6 Å². The molecule has 1 atom stereocenters. The van der Waals surface area contributed by atoms with E-state index in [1.54, 1.807) is 4.90 Å². The fraction of sp³-hybridized carbons (Fsp3) is 0.562. The second-order valence-corrected chi connectivity index (χ2v) is 5.88. The van der Waals surface area contributed by atoms with Crippen molar-refractivity contribution in [2.45, 2.75) is 45.7 Å². The van der Waals surface area contributed by atoms with Crippen LogP contribution in [0.25, 0.3) is 0 Å². The Balaban J connectivity index is 2.45. The molecule has 1 aromatic rings. The van der Waals surface area contributed by atoms with Crippen LogP contribution in [0.4, 0.5) is 0 Å². The summed E-state index contributed by atoms with van der Waals surface area (Å²) < 4.78 is 0. The Bertz CT molecular complexity index is 417. The topological polar surface area (TPSA) is 32.3 Å². The number of nitrogens with zero attached hydrogens (tertiary/aromatic N) is 1. The lowest BCUT2D eigenvalue weighted by molar-refractivity contribution is -0.131. The fourth-order valence-corrected chi connectivity index (χ4v) is 2.11. The van der Waals surface area contributed by atoms with Crippen LogP contribution in [0.15, 0.2) is 24.3 Å². The van der Waals surface area contributed by atoms with Crippen molar-refractivity contribution in [1.29, 1.82) is 0 Å². The Kier molecular flexibility index (Phi) is 7.03. The van der Waals surface area contributed by atoms with Gasteiger partial charge in [0.25, 0.3) is 0 Å². The Morgan fingerprint density at radius 3 is 2.40 bits per heavy atom. The fourth-order valence-electron chi connectivity index (χ4n) is 1.99. The molecule has 0 spiro atoms. The molecule has 0 saturated heterocycles. The minimum Gasteiger partial charge on any atom is -0.339 e. The smallest absolute Gasteiger partial charge is 0.222 e. The Morgan fingerprint density at radius 1 is 1.25 bits per heavy atom. The summed E-state index contributed by atoms with van der Waals surface area (Å²) in [6, 6.07) is 8.19. The molecule has 0 aromatic heterocycles. The molecule has 1 N–H and O–H groups in total. The molecule has 0 aliphatic carbocycles. The lowest BCUT2D eigenvalue weighted by Gasteiger charge is -2.25. The van der Waals surface area contributed by atoms with Crippen LogP contribution in [0.1, 0.15) is 45.2 Å². The summed E-state index contributed by atoms with van der Waals surface area (Å²) in [6.45, 7) is 7.13. The van der Waals surface area contributed by atoms with Crippen LogP contribution in [0.3, 0.4) is 0 Å². The number of benzene rings is 1. The zero-order chi connectivity index (χ0) is 15.1. The van der Waals surface area contributed by atoms with Gasteiger partial charge in [0.05, 0.1) is 6.04 Å². The predicted molar refractivity (Wildman–Crippen MR) is 85.0 cm³/mol. The Morgan fingerprint density at radius 2 is 1.85 bits per heavy atom. The average Bonchev–Trinajstić information content (AvgIpc) is 2.42. The van der Waals surface area contributed by atoms with Gasteiger partial charge in [0.2, 0.25) is 5.91 Å². The maximum atomic E-state index is 12.1. The van der Waals surface area contributed by atoms with Crippen molar-refractivity contribution < 1.29 is 4.79 Å². The largest absolute Gasteiger partial charge is 0.339 e. The van der Waals surface area contributed by atoms with Gasteiger partial charge < -0.3 is 10.2 Å². The summed E-state index contributed by atoms with van der Waals surface area (Å²) in [4.78, 5) is 13.9. The first-order valence-corrected chi connectivity index (χ1v) is 7.54. The molecule has 1 aromatic carbocycles. The highest BCUT2D eigenvalue weighted by Crippen LogP contribution is 2.21. The molecule has 0 saturated carbocycles. The van der Waals surface area contributed by atoms with Gasteiger partial charge in [-0.15, -0.1) is 0 Å². The first-order valence-electron chi connectivity index (χ1n) is 7.16. The van der Waals surface area contributed by atoms with E-state index in [2.05, 4.69) is 19.2 Å². The number of hydrogen-bond donors (Lipinski definition) is 1. The molecule has 3 nitrogen and oxygen atoms in total. The molecule has 0 aliphatic heterocycles. The molecule has 112 valence electrons. The van der Waals surface area contributed by atoms with Crippen LogP contribution in [0.5, 0.6) is 0 Å². The number of carbonyl (C=O) groups is 1. The van der Waals surface area contributed by atoms with Crippen molar-refractivity contribution in [2.24, 2.45) is 0 Å². The third kappa shape index (κ3) is 5.51. The van der Waals surface area contributed by atoms with E-state index in [1.807, 2.05) is 38.2 Å². The normalized spacial score (nSPS) is 12.5. The monoisotopic (exact) mass is 296 g/mol. The molecule has 0 fully saturated rings. The minimum absolute atomic E-state index is 0.0674. The van der Waals surface area contributed by atoms with Crippen LogP contribution >= 0.6 is 11.6 Å².